The average Bonchev–Trinajstić information content (AvgIpc) is 3.08. The molecule has 0 aliphatic heterocycles. The number of esters is 1. The third-order valence-corrected chi connectivity index (χ3v) is 3.31. The van der Waals surface area contributed by atoms with Gasteiger partial charge in [0.25, 0.3) is 5.91 Å². The summed E-state index contributed by atoms with van der Waals surface area (Å²) < 4.78 is 10.2. The Balaban J connectivity index is 1.83. The number of carbonyl (C=O) groups excluding carboxylic acids is 2. The molecule has 0 spiro atoms. The minimum atomic E-state index is -0.333. The monoisotopic (exact) mass is 308 g/mol. The molecule has 0 saturated heterocycles. The predicted octanol–water partition coefficient (Wildman–Crippen LogP) is 2.47. The van der Waals surface area contributed by atoms with Crippen molar-refractivity contribution in [3.8, 4) is 10.8 Å². The van der Waals surface area contributed by atoms with Crippen LogP contribution in [0.25, 0.3) is 10.8 Å². The van der Waals surface area contributed by atoms with Crippen molar-refractivity contribution in [1.82, 2.24) is 10.3 Å². The number of thiazole rings is 1. The molecule has 0 saturated carbocycles. The Labute approximate surface area is 126 Å². The quantitative estimate of drug-likeness (QED) is 0.829. The second-order valence-corrected chi connectivity index (χ2v) is 5.42. The largest absolute Gasteiger partial charge is 0.463 e. The third kappa shape index (κ3) is 4.42. The highest BCUT2D eigenvalue weighted by atomic mass is 32.1. The molecule has 0 atom stereocenters. The van der Waals surface area contributed by atoms with Crippen LogP contribution in [-0.4, -0.2) is 29.5 Å². The minimum absolute atomic E-state index is 0.138. The molecule has 2 heterocycles. The van der Waals surface area contributed by atoms with Crippen LogP contribution in [0, 0.1) is 0 Å². The highest BCUT2D eigenvalue weighted by Crippen LogP contribution is 2.23. The van der Waals surface area contributed by atoms with Crippen molar-refractivity contribution in [2.24, 2.45) is 0 Å². The third-order valence-electron chi connectivity index (χ3n) is 2.45. The Morgan fingerprint density at radius 2 is 2.29 bits per heavy atom. The van der Waals surface area contributed by atoms with E-state index in [0.29, 0.717) is 16.5 Å². The zero-order chi connectivity index (χ0) is 15.2. The molecule has 0 aromatic carbocycles. The van der Waals surface area contributed by atoms with E-state index in [-0.39, 0.29) is 30.9 Å². The first-order chi connectivity index (χ1) is 10.1. The van der Waals surface area contributed by atoms with Gasteiger partial charge < -0.3 is 14.5 Å². The number of hydrogen-bond acceptors (Lipinski definition) is 6. The first-order valence-electron chi connectivity index (χ1n) is 6.53. The Morgan fingerprint density at radius 1 is 1.48 bits per heavy atom. The normalized spacial score (nSPS) is 10.6. The molecule has 112 valence electrons. The SMILES string of the molecule is CC(C)OC(=O)CCNC(=O)c1csc(-c2ccco2)n1. The smallest absolute Gasteiger partial charge is 0.307 e. The Bertz CT molecular complexity index is 604. The lowest BCUT2D eigenvalue weighted by molar-refractivity contribution is -0.147. The van der Waals surface area contributed by atoms with E-state index in [9.17, 15) is 9.59 Å². The maximum absolute atomic E-state index is 11.9. The summed E-state index contributed by atoms with van der Waals surface area (Å²) in [6.45, 7) is 3.78. The molecule has 7 heteroatoms. The van der Waals surface area contributed by atoms with Gasteiger partial charge in [-0.05, 0) is 26.0 Å². The average molecular weight is 308 g/mol. The van der Waals surface area contributed by atoms with Gasteiger partial charge in [0.2, 0.25) is 0 Å². The molecule has 21 heavy (non-hydrogen) atoms. The molecule has 0 aliphatic rings. The summed E-state index contributed by atoms with van der Waals surface area (Å²) in [5.74, 6) is -0.0270. The van der Waals surface area contributed by atoms with Crippen LogP contribution in [0.4, 0.5) is 0 Å². The number of nitrogens with one attached hydrogen (secondary N) is 1. The fraction of sp³-hybridized carbons (Fsp3) is 0.357. The van der Waals surface area contributed by atoms with Crippen LogP contribution in [0.2, 0.25) is 0 Å². The summed E-state index contributed by atoms with van der Waals surface area (Å²) in [6.07, 6.45) is 1.54. The molecular weight excluding hydrogens is 292 g/mol. The first kappa shape index (κ1) is 15.2. The van der Waals surface area contributed by atoms with Gasteiger partial charge in [0, 0.05) is 11.9 Å². The number of amides is 1. The van der Waals surface area contributed by atoms with Crippen LogP contribution < -0.4 is 5.32 Å². The van der Waals surface area contributed by atoms with Gasteiger partial charge in [0.1, 0.15) is 5.69 Å². The second kappa shape index (κ2) is 7.03. The Hall–Kier alpha value is -2.15. The van der Waals surface area contributed by atoms with Crippen molar-refractivity contribution < 1.29 is 18.7 Å². The number of furan rings is 1. The number of ether oxygens (including phenoxy) is 1. The predicted molar refractivity (Wildman–Crippen MR) is 78.0 cm³/mol. The fourth-order valence-electron chi connectivity index (χ4n) is 1.58. The van der Waals surface area contributed by atoms with E-state index in [1.807, 2.05) is 0 Å². The number of hydrogen-bond donors (Lipinski definition) is 1. The topological polar surface area (TPSA) is 81.4 Å². The van der Waals surface area contributed by atoms with Gasteiger partial charge in [-0.1, -0.05) is 0 Å². The van der Waals surface area contributed by atoms with Crippen molar-refractivity contribution in [2.45, 2.75) is 26.4 Å². The van der Waals surface area contributed by atoms with Gasteiger partial charge in [-0.25, -0.2) is 4.98 Å². The Kier molecular flexibility index (Phi) is 5.10. The molecule has 2 aromatic heterocycles. The van der Waals surface area contributed by atoms with Crippen molar-refractivity contribution in [1.29, 1.82) is 0 Å². The summed E-state index contributed by atoms with van der Waals surface area (Å²) in [7, 11) is 0. The van der Waals surface area contributed by atoms with Crippen LogP contribution in [0.15, 0.2) is 28.2 Å². The number of carbonyl (C=O) groups is 2. The second-order valence-electron chi connectivity index (χ2n) is 4.56. The van der Waals surface area contributed by atoms with Gasteiger partial charge in [0.15, 0.2) is 10.8 Å². The Morgan fingerprint density at radius 3 is 2.95 bits per heavy atom. The molecule has 6 nitrogen and oxygen atoms in total. The van der Waals surface area contributed by atoms with Crippen molar-refractivity contribution in [3.63, 3.8) is 0 Å². The lowest BCUT2D eigenvalue weighted by atomic mass is 10.4. The van der Waals surface area contributed by atoms with Crippen LogP contribution in [0.1, 0.15) is 30.8 Å². The first-order valence-corrected chi connectivity index (χ1v) is 7.41. The molecule has 0 fully saturated rings. The van der Waals surface area contributed by atoms with Crippen molar-refractivity contribution >= 4 is 23.2 Å². The molecule has 2 aromatic rings. The summed E-state index contributed by atoms with van der Waals surface area (Å²) >= 11 is 1.33. The molecule has 1 amide bonds. The number of aromatic nitrogens is 1. The van der Waals surface area contributed by atoms with Gasteiger partial charge in [-0.2, -0.15) is 0 Å². The van der Waals surface area contributed by atoms with Crippen molar-refractivity contribution in [3.05, 3.63) is 29.5 Å². The maximum Gasteiger partial charge on any atom is 0.307 e. The zero-order valence-electron chi connectivity index (χ0n) is 11.8. The molecule has 0 aliphatic carbocycles. The van der Waals surface area contributed by atoms with Crippen molar-refractivity contribution in [2.75, 3.05) is 6.54 Å². The minimum Gasteiger partial charge on any atom is -0.463 e. The summed E-state index contributed by atoms with van der Waals surface area (Å²) in [6, 6.07) is 3.54. The fourth-order valence-corrected chi connectivity index (χ4v) is 2.35. The number of rotatable bonds is 6. The standard InChI is InChI=1S/C14H16N2O4S/c1-9(2)20-12(17)5-6-15-13(18)10-8-21-14(16-10)11-4-3-7-19-11/h3-4,7-9H,5-6H2,1-2H3,(H,15,18). The van der Waals surface area contributed by atoms with Crippen LogP contribution in [-0.2, 0) is 9.53 Å². The van der Waals surface area contributed by atoms with Gasteiger partial charge in [0.05, 0.1) is 18.8 Å². The van der Waals surface area contributed by atoms with Crippen LogP contribution in [0.5, 0.6) is 0 Å². The molecule has 0 bridgehead atoms. The lowest BCUT2D eigenvalue weighted by Gasteiger charge is -2.07. The molecular formula is C14H16N2O4S. The highest BCUT2D eigenvalue weighted by molar-refractivity contribution is 7.13. The van der Waals surface area contributed by atoms with E-state index in [0.717, 1.165) is 0 Å². The molecule has 1 N–H and O–H groups in total. The molecule has 0 unspecified atom stereocenters. The van der Waals surface area contributed by atoms with E-state index in [1.54, 1.807) is 37.6 Å². The van der Waals surface area contributed by atoms with Gasteiger partial charge in [-0.15, -0.1) is 11.3 Å². The van der Waals surface area contributed by atoms with E-state index in [1.165, 1.54) is 11.3 Å². The highest BCUT2D eigenvalue weighted by Gasteiger charge is 2.13. The van der Waals surface area contributed by atoms with E-state index < -0.39 is 0 Å². The van der Waals surface area contributed by atoms with Gasteiger partial charge >= 0.3 is 5.97 Å². The summed E-state index contributed by atoms with van der Waals surface area (Å²) in [5.41, 5.74) is 0.309. The molecule has 0 radical (unpaired) electrons. The molecule has 2 rings (SSSR count). The van der Waals surface area contributed by atoms with E-state index in [4.69, 9.17) is 9.15 Å². The van der Waals surface area contributed by atoms with E-state index >= 15 is 0 Å². The van der Waals surface area contributed by atoms with Crippen LogP contribution in [0.3, 0.4) is 0 Å². The maximum atomic E-state index is 11.9. The van der Waals surface area contributed by atoms with E-state index in [2.05, 4.69) is 10.3 Å². The van der Waals surface area contributed by atoms with Gasteiger partial charge in [-0.3, -0.25) is 9.59 Å². The number of nitrogens with zero attached hydrogens (tertiary/aromatic N) is 1. The zero-order valence-corrected chi connectivity index (χ0v) is 12.6. The summed E-state index contributed by atoms with van der Waals surface area (Å²) in [4.78, 5) is 27.4. The van der Waals surface area contributed by atoms with Crippen LogP contribution >= 0.6 is 11.3 Å². The summed E-state index contributed by atoms with van der Waals surface area (Å²) in [5, 5.41) is 4.93. The lowest BCUT2D eigenvalue weighted by Crippen LogP contribution is -2.27.